The summed E-state index contributed by atoms with van der Waals surface area (Å²) in [7, 11) is -4.73. The van der Waals surface area contributed by atoms with E-state index in [0.29, 0.717) is 24.7 Å². The lowest BCUT2D eigenvalue weighted by molar-refractivity contribution is -0.115. The van der Waals surface area contributed by atoms with Crippen LogP contribution in [0.4, 0.5) is 9.59 Å². The Bertz CT molecular complexity index is 2430. The fraction of sp³-hybridized carbons (Fsp3) is 0.509. The fourth-order valence-electron chi connectivity index (χ4n) is 6.18. The maximum absolute atomic E-state index is 13.4. The van der Waals surface area contributed by atoms with E-state index in [-0.39, 0.29) is 60.3 Å². The maximum Gasteiger partial charge on any atom is 0.407 e. The minimum atomic E-state index is -4.13. The third-order valence-electron chi connectivity index (χ3n) is 9.74. The van der Waals surface area contributed by atoms with Crippen LogP contribution >= 0.6 is 0 Å². The quantitative estimate of drug-likeness (QED) is 0.0427. The van der Waals surface area contributed by atoms with Gasteiger partial charge in [-0.05, 0) is 126 Å². The Morgan fingerprint density at radius 2 is 1.11 bits per heavy atom. The molecule has 0 radical (unpaired) electrons. The number of nitrogens with zero attached hydrogens (tertiary/aromatic N) is 1. The van der Waals surface area contributed by atoms with E-state index >= 15 is 0 Å². The molecule has 73 heavy (non-hydrogen) atoms. The molecule has 0 aliphatic carbocycles. The lowest BCUT2D eigenvalue weighted by Crippen LogP contribution is -2.51. The van der Waals surface area contributed by atoms with Gasteiger partial charge in [0, 0.05) is 0 Å². The van der Waals surface area contributed by atoms with Crippen LogP contribution in [0.15, 0.2) is 119 Å². The third-order valence-corrected chi connectivity index (χ3v) is 12.6. The second-order valence-corrected chi connectivity index (χ2v) is 23.1. The van der Waals surface area contributed by atoms with Crippen LogP contribution in [0.3, 0.4) is 0 Å². The van der Waals surface area contributed by atoms with E-state index in [1.807, 2.05) is 109 Å². The average Bonchev–Trinajstić information content (AvgIpc) is 4.16. The Labute approximate surface area is 434 Å². The molecule has 2 amide bonds. The number of benzene rings is 4. The number of hydroxylamine groups is 1. The molecule has 1 fully saturated rings. The molecule has 4 aromatic carbocycles. The van der Waals surface area contributed by atoms with E-state index in [0.717, 1.165) is 16.5 Å². The van der Waals surface area contributed by atoms with Crippen LogP contribution in [-0.2, 0) is 56.8 Å². The predicted octanol–water partition coefficient (Wildman–Crippen LogP) is 8.49. The Hall–Kier alpha value is -5.32. The molecule has 5 rings (SSSR count). The number of rotatable bonds is 22. The van der Waals surface area contributed by atoms with Crippen LogP contribution in [0.25, 0.3) is 0 Å². The van der Waals surface area contributed by atoms with Crippen LogP contribution in [0.1, 0.15) is 87.8 Å². The van der Waals surface area contributed by atoms with Crippen molar-refractivity contribution in [3.63, 3.8) is 0 Å². The van der Waals surface area contributed by atoms with Gasteiger partial charge in [-0.2, -0.15) is 0 Å². The SMILES string of the molecule is C.CC(C)(C)OC(=O)N[C@@H](Cc1ccccc1)C1CO1.COc1ccc(S(=O)(=O)N(C[C@@H](O)[C@H](Cc2ccccc2)NC(=O)OC(C)(C)C)OCC(C)C)cc1.COc1ccc(S(=O)(=O)NOCC(C)C)cc1. The van der Waals surface area contributed by atoms with Crippen molar-refractivity contribution in [2.24, 2.45) is 11.8 Å². The van der Waals surface area contributed by atoms with Crippen molar-refractivity contribution in [3.05, 3.63) is 120 Å². The van der Waals surface area contributed by atoms with E-state index in [1.165, 1.54) is 56.2 Å². The highest BCUT2D eigenvalue weighted by atomic mass is 32.2. The van der Waals surface area contributed by atoms with Crippen molar-refractivity contribution >= 4 is 32.2 Å². The highest BCUT2D eigenvalue weighted by molar-refractivity contribution is 7.89. The number of carbonyl (C=O) groups is 2. The minimum Gasteiger partial charge on any atom is -0.497 e. The number of amides is 2. The zero-order valence-corrected chi connectivity index (χ0v) is 45.3. The van der Waals surface area contributed by atoms with Crippen molar-refractivity contribution in [2.75, 3.05) is 40.6 Å². The molecule has 20 heteroatoms. The van der Waals surface area contributed by atoms with Gasteiger partial charge in [0.2, 0.25) is 0 Å². The van der Waals surface area contributed by atoms with Crippen LogP contribution < -0.4 is 25.0 Å². The predicted molar refractivity (Wildman–Crippen MR) is 281 cm³/mol. The molecular weight excluding hydrogens is 981 g/mol. The second kappa shape index (κ2) is 30.1. The molecule has 0 bridgehead atoms. The molecule has 4 N–H and O–H groups in total. The minimum absolute atomic E-state index is 0. The molecule has 1 unspecified atom stereocenters. The van der Waals surface area contributed by atoms with Gasteiger partial charge in [0.1, 0.15) is 28.8 Å². The molecule has 1 aliphatic rings. The molecule has 0 saturated carbocycles. The number of alkyl carbamates (subject to hydrolysis) is 2. The van der Waals surface area contributed by atoms with Gasteiger partial charge >= 0.3 is 12.2 Å². The van der Waals surface area contributed by atoms with Crippen LogP contribution in [0, 0.1) is 11.8 Å². The lowest BCUT2D eigenvalue weighted by Gasteiger charge is -2.30. The van der Waals surface area contributed by atoms with E-state index < -0.39 is 56.0 Å². The summed E-state index contributed by atoms with van der Waals surface area (Å²) in [5, 5.41) is 16.8. The molecule has 0 spiro atoms. The van der Waals surface area contributed by atoms with Gasteiger partial charge in [0.05, 0.1) is 68.6 Å². The van der Waals surface area contributed by atoms with Gasteiger partial charge in [-0.3, -0.25) is 9.68 Å². The number of nitrogens with one attached hydrogen (secondary N) is 3. The van der Waals surface area contributed by atoms with Crippen molar-refractivity contribution in [1.82, 2.24) is 20.0 Å². The molecular formula is C53H80N4O14S2. The summed E-state index contributed by atoms with van der Waals surface area (Å²) in [4.78, 5) is 37.1. The standard InChI is InChI=1S/C26H38N2O7S.C15H21NO3.C11H17NO4S.CH4/c1-19(2)18-34-28(36(31,32)22-14-12-21(33-6)13-15-22)17-24(29)23(16-20-10-8-7-9-11-20)27-25(30)35-26(3,4)5;1-15(2,3)19-14(17)16-12(13-10-18-13)9-11-7-5-4-6-8-11;1-9(2)8-16-12-17(13,14)11-6-4-10(15-3)5-7-11;/h7-15,19,23-24,29H,16-18H2,1-6H3,(H,27,30);4-8,12-13H,9-10H2,1-3H3,(H,16,17);4-7,9,12H,8H2,1-3H3;1H4/t23-,24+;12-,13?;;/m00../s1. The summed E-state index contributed by atoms with van der Waals surface area (Å²) in [5.41, 5.74) is 0.812. The Balaban J connectivity index is 0.000000413. The molecule has 4 atom stereocenters. The number of aliphatic hydroxyl groups is 1. The zero-order chi connectivity index (χ0) is 53.7. The van der Waals surface area contributed by atoms with E-state index in [2.05, 4.69) is 15.5 Å². The second-order valence-electron chi connectivity index (χ2n) is 19.6. The number of methoxy groups -OCH3 is 2. The highest BCUT2D eigenvalue weighted by Gasteiger charge is 2.35. The Morgan fingerprint density at radius 1 is 0.671 bits per heavy atom. The van der Waals surface area contributed by atoms with E-state index in [4.69, 9.17) is 33.4 Å². The molecule has 1 aliphatic heterocycles. The third kappa shape index (κ3) is 25.0. The van der Waals surface area contributed by atoms with Crippen LogP contribution in [0.5, 0.6) is 11.5 Å². The molecule has 1 heterocycles. The monoisotopic (exact) mass is 1060 g/mol. The van der Waals surface area contributed by atoms with Crippen molar-refractivity contribution < 1.29 is 64.9 Å². The Morgan fingerprint density at radius 3 is 1.53 bits per heavy atom. The highest BCUT2D eigenvalue weighted by Crippen LogP contribution is 2.23. The first kappa shape index (κ1) is 63.8. The fourth-order valence-corrected chi connectivity index (χ4v) is 8.26. The van der Waals surface area contributed by atoms with Gasteiger partial charge in [-0.25, -0.2) is 26.4 Å². The van der Waals surface area contributed by atoms with Gasteiger partial charge in [-0.15, -0.1) is 0 Å². The lowest BCUT2D eigenvalue weighted by atomic mass is 10.0. The number of sulfonamides is 2. The molecule has 1 saturated heterocycles. The normalized spacial score (nSPS) is 14.7. The average molecular weight is 1060 g/mol. The first-order valence-electron chi connectivity index (χ1n) is 23.6. The van der Waals surface area contributed by atoms with Crippen molar-refractivity contribution in [3.8, 4) is 11.5 Å². The number of hydrogen-bond donors (Lipinski definition) is 4. The van der Waals surface area contributed by atoms with Gasteiger partial charge in [0.25, 0.3) is 20.0 Å². The largest absolute Gasteiger partial charge is 0.497 e. The molecule has 4 aromatic rings. The molecule has 408 valence electrons. The smallest absolute Gasteiger partial charge is 0.407 e. The van der Waals surface area contributed by atoms with Gasteiger partial charge in [0.15, 0.2) is 0 Å². The number of aliphatic hydroxyl groups excluding tert-OH is 1. The van der Waals surface area contributed by atoms with Crippen molar-refractivity contribution in [1.29, 1.82) is 0 Å². The van der Waals surface area contributed by atoms with E-state index in [9.17, 15) is 31.5 Å². The summed E-state index contributed by atoms with van der Waals surface area (Å²) >= 11 is 0. The number of epoxide rings is 1. The summed E-state index contributed by atoms with van der Waals surface area (Å²) in [5.74, 6) is 1.41. The first-order chi connectivity index (χ1) is 33.7. The zero-order valence-electron chi connectivity index (χ0n) is 43.6. The number of carbonyl (C=O) groups excluding carboxylic acids is 2. The van der Waals surface area contributed by atoms with Crippen LogP contribution in [-0.4, -0.2) is 115 Å². The van der Waals surface area contributed by atoms with Crippen molar-refractivity contribution in [2.45, 2.75) is 135 Å². The Kier molecular flexibility index (Phi) is 26.3. The number of hydrogen-bond acceptors (Lipinski definition) is 14. The van der Waals surface area contributed by atoms with Gasteiger partial charge in [-0.1, -0.05) is 105 Å². The molecule has 18 nitrogen and oxygen atoms in total. The summed E-state index contributed by atoms with van der Waals surface area (Å²) in [6.07, 6.45) is -1.29. The summed E-state index contributed by atoms with van der Waals surface area (Å²) in [6.45, 7) is 19.1. The number of ether oxygens (including phenoxy) is 5. The maximum atomic E-state index is 13.4. The van der Waals surface area contributed by atoms with Crippen LogP contribution in [0.2, 0.25) is 0 Å². The van der Waals surface area contributed by atoms with E-state index in [1.54, 1.807) is 32.9 Å². The first-order valence-corrected chi connectivity index (χ1v) is 26.6. The molecule has 0 aromatic heterocycles. The van der Waals surface area contributed by atoms with Gasteiger partial charge < -0.3 is 39.4 Å². The summed E-state index contributed by atoms with van der Waals surface area (Å²) < 4.78 is 77.1. The summed E-state index contributed by atoms with van der Waals surface area (Å²) in [6, 6.07) is 30.4. The topological polar surface area (TPSA) is 230 Å².